The van der Waals surface area contributed by atoms with Crippen molar-refractivity contribution in [3.63, 3.8) is 0 Å². The molecular formula is C20H22N2O. The fourth-order valence-electron chi connectivity index (χ4n) is 4.46. The van der Waals surface area contributed by atoms with Crippen LogP contribution in [0.4, 0.5) is 0 Å². The van der Waals surface area contributed by atoms with Gasteiger partial charge in [-0.3, -0.25) is 4.79 Å². The molecule has 4 rings (SSSR count). The van der Waals surface area contributed by atoms with Crippen LogP contribution in [0.3, 0.4) is 0 Å². The Hall–Kier alpha value is -2.16. The number of fused-ring (bicyclic) bond motifs is 3. The zero-order valence-electron chi connectivity index (χ0n) is 13.5. The third kappa shape index (κ3) is 2.65. The Bertz CT molecular complexity index is 775. The van der Waals surface area contributed by atoms with E-state index in [9.17, 15) is 4.79 Å². The Labute approximate surface area is 136 Å². The number of carbonyl (C=O) groups is 1. The van der Waals surface area contributed by atoms with Crippen LogP contribution in [0.1, 0.15) is 43.0 Å². The molecule has 0 spiro atoms. The Morgan fingerprint density at radius 2 is 1.91 bits per heavy atom. The van der Waals surface area contributed by atoms with Crippen LogP contribution in [0.15, 0.2) is 47.6 Å². The first-order valence-electron chi connectivity index (χ1n) is 8.54. The highest BCUT2D eigenvalue weighted by atomic mass is 16.2. The predicted molar refractivity (Wildman–Crippen MR) is 93.5 cm³/mol. The molecule has 3 nitrogen and oxygen atoms in total. The lowest BCUT2D eigenvalue weighted by Crippen LogP contribution is -2.24. The summed E-state index contributed by atoms with van der Waals surface area (Å²) in [6.45, 7) is 2.06. The van der Waals surface area contributed by atoms with Gasteiger partial charge in [-0.05, 0) is 54.9 Å². The second kappa shape index (κ2) is 5.80. The van der Waals surface area contributed by atoms with Crippen LogP contribution in [0.25, 0.3) is 10.8 Å². The maximum absolute atomic E-state index is 12.5. The van der Waals surface area contributed by atoms with Crippen molar-refractivity contribution in [2.45, 2.75) is 32.6 Å². The van der Waals surface area contributed by atoms with E-state index in [1.54, 1.807) is 0 Å². The summed E-state index contributed by atoms with van der Waals surface area (Å²) in [7, 11) is 0. The Balaban J connectivity index is 1.52. The smallest absolute Gasteiger partial charge is 0.267 e. The number of amides is 1. The summed E-state index contributed by atoms with van der Waals surface area (Å²) in [5.41, 5.74) is 4.55. The summed E-state index contributed by atoms with van der Waals surface area (Å²) in [5.74, 6) is 2.13. The van der Waals surface area contributed by atoms with Gasteiger partial charge in [0.25, 0.3) is 5.91 Å². The fourth-order valence-corrected chi connectivity index (χ4v) is 4.46. The van der Waals surface area contributed by atoms with Crippen molar-refractivity contribution >= 4 is 22.4 Å². The largest absolute Gasteiger partial charge is 0.271 e. The first kappa shape index (κ1) is 14.4. The van der Waals surface area contributed by atoms with Crippen LogP contribution < -0.4 is 5.43 Å². The van der Waals surface area contributed by atoms with Gasteiger partial charge in [0.2, 0.25) is 0 Å². The van der Waals surface area contributed by atoms with Gasteiger partial charge in [0.1, 0.15) is 0 Å². The van der Waals surface area contributed by atoms with Gasteiger partial charge >= 0.3 is 0 Å². The van der Waals surface area contributed by atoms with Crippen LogP contribution in [-0.2, 0) is 0 Å². The molecule has 23 heavy (non-hydrogen) atoms. The van der Waals surface area contributed by atoms with Crippen molar-refractivity contribution < 1.29 is 4.79 Å². The van der Waals surface area contributed by atoms with Crippen LogP contribution in [0.2, 0.25) is 0 Å². The van der Waals surface area contributed by atoms with Gasteiger partial charge < -0.3 is 0 Å². The van der Waals surface area contributed by atoms with Gasteiger partial charge in [0.05, 0.1) is 0 Å². The van der Waals surface area contributed by atoms with E-state index in [2.05, 4.69) is 17.5 Å². The third-order valence-electron chi connectivity index (χ3n) is 5.64. The summed E-state index contributed by atoms with van der Waals surface area (Å²) in [4.78, 5) is 12.5. The van der Waals surface area contributed by atoms with Crippen molar-refractivity contribution in [2.75, 3.05) is 0 Å². The first-order valence-corrected chi connectivity index (χ1v) is 8.54. The minimum atomic E-state index is -0.121. The van der Waals surface area contributed by atoms with Crippen molar-refractivity contribution in [1.29, 1.82) is 0 Å². The average molecular weight is 306 g/mol. The maximum Gasteiger partial charge on any atom is 0.271 e. The van der Waals surface area contributed by atoms with Gasteiger partial charge in [-0.2, -0.15) is 5.10 Å². The molecule has 3 unspecified atom stereocenters. The minimum absolute atomic E-state index is 0.121. The minimum Gasteiger partial charge on any atom is -0.267 e. The van der Waals surface area contributed by atoms with E-state index in [0.717, 1.165) is 28.3 Å². The highest BCUT2D eigenvalue weighted by molar-refractivity contribution is 6.07. The SMILES string of the molecule is C/C(=N\NC(=O)c1cccc2ccccc12)C1CC2CCC1C2. The lowest BCUT2D eigenvalue weighted by atomic mass is 9.86. The van der Waals surface area contributed by atoms with Crippen LogP contribution in [0.5, 0.6) is 0 Å². The fraction of sp³-hybridized carbons (Fsp3) is 0.400. The molecule has 2 saturated carbocycles. The van der Waals surface area contributed by atoms with Gasteiger partial charge in [0.15, 0.2) is 0 Å². The molecule has 2 fully saturated rings. The topological polar surface area (TPSA) is 41.5 Å². The van der Waals surface area contributed by atoms with E-state index in [4.69, 9.17) is 0 Å². The van der Waals surface area contributed by atoms with Crippen molar-refractivity contribution in [2.24, 2.45) is 22.9 Å². The van der Waals surface area contributed by atoms with E-state index in [0.29, 0.717) is 11.5 Å². The Morgan fingerprint density at radius 1 is 1.09 bits per heavy atom. The lowest BCUT2D eigenvalue weighted by Gasteiger charge is -2.21. The lowest BCUT2D eigenvalue weighted by molar-refractivity contribution is 0.0956. The summed E-state index contributed by atoms with van der Waals surface area (Å²) in [6, 6.07) is 13.8. The zero-order chi connectivity index (χ0) is 15.8. The average Bonchev–Trinajstić information content (AvgIpc) is 3.22. The molecule has 2 bridgehead atoms. The molecule has 0 heterocycles. The van der Waals surface area contributed by atoms with Gasteiger partial charge in [-0.15, -0.1) is 0 Å². The van der Waals surface area contributed by atoms with Crippen molar-refractivity contribution in [3.8, 4) is 0 Å². The van der Waals surface area contributed by atoms with Gasteiger partial charge in [-0.25, -0.2) is 5.43 Å². The van der Waals surface area contributed by atoms with Crippen molar-refractivity contribution in [1.82, 2.24) is 5.43 Å². The number of hydrazone groups is 1. The molecule has 118 valence electrons. The Kier molecular flexibility index (Phi) is 3.64. The molecule has 2 aliphatic rings. The first-order chi connectivity index (χ1) is 11.2. The molecule has 2 aliphatic carbocycles. The van der Waals surface area contributed by atoms with Crippen LogP contribution >= 0.6 is 0 Å². The second-order valence-electron chi connectivity index (χ2n) is 7.00. The molecule has 2 aromatic rings. The monoisotopic (exact) mass is 306 g/mol. The molecule has 2 aromatic carbocycles. The highest BCUT2D eigenvalue weighted by Gasteiger charge is 2.40. The molecule has 1 amide bonds. The quantitative estimate of drug-likeness (QED) is 0.663. The van der Waals surface area contributed by atoms with E-state index >= 15 is 0 Å². The zero-order valence-corrected chi connectivity index (χ0v) is 13.5. The standard InChI is InChI=1S/C20H22N2O/c1-13(19-12-14-9-10-16(19)11-14)21-22-20(23)18-8-4-6-15-5-2-3-7-17(15)18/h2-8,14,16,19H,9-12H2,1H3,(H,22,23)/b21-13+. The number of benzene rings is 2. The molecule has 3 heteroatoms. The second-order valence-corrected chi connectivity index (χ2v) is 7.00. The molecule has 0 radical (unpaired) electrons. The summed E-state index contributed by atoms with van der Waals surface area (Å²) < 4.78 is 0. The van der Waals surface area contributed by atoms with Crippen LogP contribution in [0, 0.1) is 17.8 Å². The highest BCUT2D eigenvalue weighted by Crippen LogP contribution is 2.48. The van der Waals surface area contributed by atoms with Gasteiger partial charge in [0, 0.05) is 17.2 Å². The number of rotatable bonds is 3. The third-order valence-corrected chi connectivity index (χ3v) is 5.64. The molecule has 3 atom stereocenters. The summed E-state index contributed by atoms with van der Waals surface area (Å²) >= 11 is 0. The normalized spacial score (nSPS) is 26.7. The molecule has 0 aromatic heterocycles. The van der Waals surface area contributed by atoms with Gasteiger partial charge in [-0.1, -0.05) is 42.8 Å². The predicted octanol–water partition coefficient (Wildman–Crippen LogP) is 4.38. The number of nitrogens with zero attached hydrogens (tertiary/aromatic N) is 1. The van der Waals surface area contributed by atoms with E-state index < -0.39 is 0 Å². The molecule has 0 saturated heterocycles. The Morgan fingerprint density at radius 3 is 2.70 bits per heavy atom. The summed E-state index contributed by atoms with van der Waals surface area (Å²) in [5, 5.41) is 6.48. The molecular weight excluding hydrogens is 284 g/mol. The van der Waals surface area contributed by atoms with E-state index in [-0.39, 0.29) is 5.91 Å². The molecule has 0 aliphatic heterocycles. The van der Waals surface area contributed by atoms with E-state index in [1.807, 2.05) is 42.5 Å². The number of carbonyl (C=O) groups excluding carboxylic acids is 1. The summed E-state index contributed by atoms with van der Waals surface area (Å²) in [6.07, 6.45) is 5.33. The van der Waals surface area contributed by atoms with Crippen molar-refractivity contribution in [3.05, 3.63) is 48.0 Å². The maximum atomic E-state index is 12.5. The number of hydrogen-bond acceptors (Lipinski definition) is 2. The number of nitrogens with one attached hydrogen (secondary N) is 1. The number of hydrogen-bond donors (Lipinski definition) is 1. The van der Waals surface area contributed by atoms with Crippen LogP contribution in [-0.4, -0.2) is 11.6 Å². The molecule has 1 N–H and O–H groups in total. The van der Waals surface area contributed by atoms with E-state index in [1.165, 1.54) is 25.7 Å².